The van der Waals surface area contributed by atoms with E-state index in [1.807, 2.05) is 0 Å². The van der Waals surface area contributed by atoms with Gasteiger partial charge in [0.2, 0.25) is 0 Å². The highest BCUT2D eigenvalue weighted by molar-refractivity contribution is 5.94. The van der Waals surface area contributed by atoms with Gasteiger partial charge in [0.25, 0.3) is 5.91 Å². The van der Waals surface area contributed by atoms with Crippen molar-refractivity contribution in [3.8, 4) is 0 Å². The Morgan fingerprint density at radius 2 is 2.16 bits per heavy atom. The number of benzene rings is 1. The van der Waals surface area contributed by atoms with E-state index in [0.717, 1.165) is 12.8 Å². The summed E-state index contributed by atoms with van der Waals surface area (Å²) in [5.41, 5.74) is 6.72. The van der Waals surface area contributed by atoms with Crippen LogP contribution in [-0.4, -0.2) is 37.0 Å². The summed E-state index contributed by atoms with van der Waals surface area (Å²) < 4.78 is 18.4. The Morgan fingerprint density at radius 1 is 1.47 bits per heavy atom. The van der Waals surface area contributed by atoms with Crippen LogP contribution in [0.4, 0.5) is 4.39 Å². The Labute approximate surface area is 112 Å². The van der Waals surface area contributed by atoms with Crippen molar-refractivity contribution in [2.45, 2.75) is 25.5 Å². The van der Waals surface area contributed by atoms with Crippen LogP contribution in [0.2, 0.25) is 0 Å². The van der Waals surface area contributed by atoms with Gasteiger partial charge in [-0.25, -0.2) is 4.39 Å². The Kier molecular flexibility index (Phi) is 4.50. The molecule has 1 aliphatic rings. The second-order valence-electron chi connectivity index (χ2n) is 4.87. The van der Waals surface area contributed by atoms with Gasteiger partial charge in [-0.2, -0.15) is 0 Å². The number of carbonyl (C=O) groups excluding carboxylic acids is 1. The van der Waals surface area contributed by atoms with Gasteiger partial charge < -0.3 is 15.4 Å². The van der Waals surface area contributed by atoms with Crippen LogP contribution >= 0.6 is 0 Å². The van der Waals surface area contributed by atoms with Gasteiger partial charge in [0.05, 0.1) is 6.61 Å². The van der Waals surface area contributed by atoms with Crippen molar-refractivity contribution >= 4 is 5.91 Å². The van der Waals surface area contributed by atoms with Crippen LogP contribution in [0.1, 0.15) is 28.8 Å². The Hall–Kier alpha value is -1.46. The number of hydrogen-bond donors (Lipinski definition) is 1. The van der Waals surface area contributed by atoms with Gasteiger partial charge in [-0.15, -0.1) is 0 Å². The Bertz CT molecular complexity index is 457. The van der Waals surface area contributed by atoms with Crippen LogP contribution in [0.3, 0.4) is 0 Å². The van der Waals surface area contributed by atoms with Crippen LogP contribution in [0.5, 0.6) is 0 Å². The van der Waals surface area contributed by atoms with E-state index in [9.17, 15) is 9.18 Å². The number of methoxy groups -OCH3 is 1. The minimum absolute atomic E-state index is 0.0655. The van der Waals surface area contributed by atoms with E-state index in [2.05, 4.69) is 0 Å². The van der Waals surface area contributed by atoms with E-state index < -0.39 is 0 Å². The van der Waals surface area contributed by atoms with Gasteiger partial charge in [-0.3, -0.25) is 4.79 Å². The van der Waals surface area contributed by atoms with Crippen molar-refractivity contribution in [3.63, 3.8) is 0 Å². The van der Waals surface area contributed by atoms with Gasteiger partial charge in [0.15, 0.2) is 0 Å². The Balaban J connectivity index is 2.12. The van der Waals surface area contributed by atoms with E-state index in [1.165, 1.54) is 19.2 Å². The van der Waals surface area contributed by atoms with Crippen molar-refractivity contribution in [3.05, 3.63) is 35.1 Å². The lowest BCUT2D eigenvalue weighted by Crippen LogP contribution is -2.42. The van der Waals surface area contributed by atoms with Crippen molar-refractivity contribution in [1.82, 2.24) is 4.90 Å². The number of hydrogen-bond acceptors (Lipinski definition) is 3. The molecule has 0 aromatic heterocycles. The lowest BCUT2D eigenvalue weighted by atomic mass is 10.0. The number of nitrogens with two attached hydrogens (primary N) is 1. The lowest BCUT2D eigenvalue weighted by Gasteiger charge is -2.30. The quantitative estimate of drug-likeness (QED) is 0.902. The van der Waals surface area contributed by atoms with Crippen LogP contribution < -0.4 is 5.73 Å². The summed E-state index contributed by atoms with van der Waals surface area (Å²) in [6.07, 6.45) is 1.63. The second kappa shape index (κ2) is 6.12. The van der Waals surface area contributed by atoms with Gasteiger partial charge in [-0.1, -0.05) is 0 Å². The molecule has 1 aliphatic heterocycles. The standard InChI is InChI=1S/C14H19FN2O2/c1-19-9-11-8-10(2-3-13(11)15)14(18)17-6-4-12(16)5-7-17/h2-3,8,12H,4-7,9,16H2,1H3. The molecule has 19 heavy (non-hydrogen) atoms. The fraction of sp³-hybridized carbons (Fsp3) is 0.500. The molecule has 1 fully saturated rings. The van der Waals surface area contributed by atoms with Gasteiger partial charge >= 0.3 is 0 Å². The molecule has 1 aromatic rings. The Morgan fingerprint density at radius 3 is 2.79 bits per heavy atom. The zero-order valence-corrected chi connectivity index (χ0v) is 11.1. The van der Waals surface area contributed by atoms with Crippen molar-refractivity contribution in [1.29, 1.82) is 0 Å². The van der Waals surface area contributed by atoms with Crippen LogP contribution in [0.25, 0.3) is 0 Å². The van der Waals surface area contributed by atoms with Crippen LogP contribution in [0, 0.1) is 5.82 Å². The zero-order valence-electron chi connectivity index (χ0n) is 11.1. The highest BCUT2D eigenvalue weighted by Crippen LogP contribution is 2.16. The average Bonchev–Trinajstić information content (AvgIpc) is 2.41. The molecule has 0 saturated carbocycles. The number of amides is 1. The molecule has 0 aliphatic carbocycles. The molecule has 0 radical (unpaired) electrons. The predicted octanol–water partition coefficient (Wildman–Crippen LogP) is 1.54. The molecule has 104 valence electrons. The van der Waals surface area contributed by atoms with E-state index in [4.69, 9.17) is 10.5 Å². The smallest absolute Gasteiger partial charge is 0.253 e. The molecule has 0 atom stereocenters. The molecule has 2 N–H and O–H groups in total. The lowest BCUT2D eigenvalue weighted by molar-refractivity contribution is 0.0714. The highest BCUT2D eigenvalue weighted by Gasteiger charge is 2.22. The average molecular weight is 266 g/mol. The van der Waals surface area contributed by atoms with E-state index in [1.54, 1.807) is 11.0 Å². The molecule has 2 rings (SSSR count). The number of carbonyl (C=O) groups is 1. The van der Waals surface area contributed by atoms with Gasteiger partial charge in [0, 0.05) is 37.4 Å². The predicted molar refractivity (Wildman–Crippen MR) is 70.2 cm³/mol. The fourth-order valence-corrected chi connectivity index (χ4v) is 2.26. The normalized spacial score (nSPS) is 16.7. The number of likely N-dealkylation sites (tertiary alicyclic amines) is 1. The molecule has 1 amide bonds. The van der Waals surface area contributed by atoms with E-state index in [-0.39, 0.29) is 24.4 Å². The third kappa shape index (κ3) is 3.30. The summed E-state index contributed by atoms with van der Waals surface area (Å²) in [6.45, 7) is 1.49. The number of ether oxygens (including phenoxy) is 1. The molecular weight excluding hydrogens is 247 g/mol. The minimum atomic E-state index is -0.348. The summed E-state index contributed by atoms with van der Waals surface area (Å²) in [4.78, 5) is 14.1. The second-order valence-corrected chi connectivity index (χ2v) is 4.87. The monoisotopic (exact) mass is 266 g/mol. The summed E-state index contributed by atoms with van der Waals surface area (Å²) >= 11 is 0. The molecule has 1 saturated heterocycles. The van der Waals surface area contributed by atoms with E-state index in [0.29, 0.717) is 24.2 Å². The number of halogens is 1. The van der Waals surface area contributed by atoms with Crippen LogP contribution in [-0.2, 0) is 11.3 Å². The third-order valence-corrected chi connectivity index (χ3v) is 3.42. The molecule has 4 nitrogen and oxygen atoms in total. The summed E-state index contributed by atoms with van der Waals surface area (Å²) in [5.74, 6) is -0.414. The topological polar surface area (TPSA) is 55.6 Å². The van der Waals surface area contributed by atoms with Crippen LogP contribution in [0.15, 0.2) is 18.2 Å². The molecule has 0 bridgehead atoms. The molecule has 0 unspecified atom stereocenters. The SMILES string of the molecule is COCc1cc(C(=O)N2CCC(N)CC2)ccc1F. The number of nitrogens with zero attached hydrogens (tertiary/aromatic N) is 1. The molecule has 5 heteroatoms. The summed E-state index contributed by atoms with van der Waals surface area (Å²) in [5, 5.41) is 0. The first-order chi connectivity index (χ1) is 9.11. The fourth-order valence-electron chi connectivity index (χ4n) is 2.26. The highest BCUT2D eigenvalue weighted by atomic mass is 19.1. The maximum absolute atomic E-state index is 13.5. The molecule has 0 spiro atoms. The zero-order chi connectivity index (χ0) is 13.8. The first kappa shape index (κ1) is 14.0. The number of piperidine rings is 1. The largest absolute Gasteiger partial charge is 0.380 e. The summed E-state index contributed by atoms with van der Waals surface area (Å²) in [7, 11) is 1.50. The molecular formula is C14H19FN2O2. The minimum Gasteiger partial charge on any atom is -0.380 e. The first-order valence-corrected chi connectivity index (χ1v) is 6.44. The van der Waals surface area contributed by atoms with Crippen molar-refractivity contribution in [2.75, 3.05) is 20.2 Å². The van der Waals surface area contributed by atoms with Crippen molar-refractivity contribution < 1.29 is 13.9 Å². The molecule has 1 heterocycles. The first-order valence-electron chi connectivity index (χ1n) is 6.44. The van der Waals surface area contributed by atoms with Crippen molar-refractivity contribution in [2.24, 2.45) is 5.73 Å². The van der Waals surface area contributed by atoms with E-state index >= 15 is 0 Å². The maximum Gasteiger partial charge on any atom is 0.253 e. The maximum atomic E-state index is 13.5. The third-order valence-electron chi connectivity index (χ3n) is 3.42. The summed E-state index contributed by atoms with van der Waals surface area (Å²) in [6, 6.07) is 4.58. The number of rotatable bonds is 3. The van der Waals surface area contributed by atoms with Gasteiger partial charge in [-0.05, 0) is 31.0 Å². The molecule has 1 aromatic carbocycles. The van der Waals surface area contributed by atoms with Gasteiger partial charge in [0.1, 0.15) is 5.82 Å².